The molecule has 1 aromatic carbocycles. The lowest BCUT2D eigenvalue weighted by molar-refractivity contribution is 0.0641. The molecule has 1 fully saturated rings. The molecule has 0 saturated carbocycles. The smallest absolute Gasteiger partial charge is 0.0869 e. The van der Waals surface area contributed by atoms with E-state index < -0.39 is 5.60 Å². The molecule has 1 heterocycles. The third-order valence-electron chi connectivity index (χ3n) is 3.54. The molecule has 2 nitrogen and oxygen atoms in total. The van der Waals surface area contributed by atoms with Crippen LogP contribution in [0.3, 0.4) is 0 Å². The van der Waals surface area contributed by atoms with Crippen LogP contribution in [0.15, 0.2) is 30.3 Å². The van der Waals surface area contributed by atoms with Gasteiger partial charge in [0.2, 0.25) is 0 Å². The molecular weight excluding hydrogens is 242 g/mol. The summed E-state index contributed by atoms with van der Waals surface area (Å²) in [6.45, 7) is 2.91. The Morgan fingerprint density at radius 2 is 2.17 bits per heavy atom. The van der Waals surface area contributed by atoms with Gasteiger partial charge in [-0.3, -0.25) is 0 Å². The summed E-state index contributed by atoms with van der Waals surface area (Å²) >= 11 is 1.85. The molecule has 2 atom stereocenters. The monoisotopic (exact) mass is 265 g/mol. The Kier molecular flexibility index (Phi) is 5.10. The van der Waals surface area contributed by atoms with E-state index >= 15 is 0 Å². The third-order valence-corrected chi connectivity index (χ3v) is 4.77. The number of hydrogen-bond acceptors (Lipinski definition) is 3. The van der Waals surface area contributed by atoms with Crippen LogP contribution >= 0.6 is 11.8 Å². The molecule has 18 heavy (non-hydrogen) atoms. The SMILES string of the molecule is CCCC(NCC1(O)CCSC1)c1ccccc1. The number of hydrogen-bond donors (Lipinski definition) is 2. The van der Waals surface area contributed by atoms with Gasteiger partial charge in [-0.2, -0.15) is 11.8 Å². The lowest BCUT2D eigenvalue weighted by Crippen LogP contribution is -2.41. The van der Waals surface area contributed by atoms with Crippen molar-refractivity contribution in [1.82, 2.24) is 5.32 Å². The van der Waals surface area contributed by atoms with Gasteiger partial charge < -0.3 is 10.4 Å². The van der Waals surface area contributed by atoms with Crippen molar-refractivity contribution in [3.8, 4) is 0 Å². The second kappa shape index (κ2) is 6.60. The van der Waals surface area contributed by atoms with Crippen LogP contribution in [0.5, 0.6) is 0 Å². The highest BCUT2D eigenvalue weighted by molar-refractivity contribution is 7.99. The maximum absolute atomic E-state index is 10.4. The van der Waals surface area contributed by atoms with Gasteiger partial charge in [-0.25, -0.2) is 0 Å². The summed E-state index contributed by atoms with van der Waals surface area (Å²) in [5.74, 6) is 1.95. The van der Waals surface area contributed by atoms with E-state index in [4.69, 9.17) is 0 Å². The van der Waals surface area contributed by atoms with Gasteiger partial charge in [0.1, 0.15) is 0 Å². The van der Waals surface area contributed by atoms with Gasteiger partial charge in [-0.15, -0.1) is 0 Å². The molecule has 2 rings (SSSR count). The zero-order chi connectivity index (χ0) is 12.8. The first-order valence-corrected chi connectivity index (χ1v) is 7.97. The predicted octanol–water partition coefficient (Wildman–Crippen LogP) is 2.99. The lowest BCUT2D eigenvalue weighted by atomic mass is 9.99. The molecule has 2 N–H and O–H groups in total. The normalized spacial score (nSPS) is 25.2. The largest absolute Gasteiger partial charge is 0.388 e. The zero-order valence-corrected chi connectivity index (χ0v) is 11.9. The van der Waals surface area contributed by atoms with Crippen LogP contribution in [0, 0.1) is 0 Å². The van der Waals surface area contributed by atoms with Gasteiger partial charge in [-0.1, -0.05) is 43.7 Å². The number of benzene rings is 1. The summed E-state index contributed by atoms with van der Waals surface area (Å²) in [6.07, 6.45) is 3.19. The molecule has 0 aliphatic carbocycles. The van der Waals surface area contributed by atoms with Crippen LogP contribution in [-0.2, 0) is 0 Å². The van der Waals surface area contributed by atoms with Gasteiger partial charge in [0, 0.05) is 18.3 Å². The Hall–Kier alpha value is -0.510. The molecule has 0 aromatic heterocycles. The summed E-state index contributed by atoms with van der Waals surface area (Å²) < 4.78 is 0. The van der Waals surface area contributed by atoms with E-state index in [1.165, 1.54) is 5.56 Å². The highest BCUT2D eigenvalue weighted by atomic mass is 32.2. The van der Waals surface area contributed by atoms with Crippen molar-refractivity contribution in [3.63, 3.8) is 0 Å². The molecule has 1 aromatic rings. The second-order valence-corrected chi connectivity index (χ2v) is 6.26. The van der Waals surface area contributed by atoms with E-state index in [2.05, 4.69) is 36.5 Å². The molecular formula is C15H23NOS. The molecule has 0 amide bonds. The molecule has 3 heteroatoms. The van der Waals surface area contributed by atoms with Gasteiger partial charge in [0.15, 0.2) is 0 Å². The van der Waals surface area contributed by atoms with E-state index in [9.17, 15) is 5.11 Å². The molecule has 100 valence electrons. The van der Waals surface area contributed by atoms with Gasteiger partial charge in [0.25, 0.3) is 0 Å². The summed E-state index contributed by atoms with van der Waals surface area (Å²) in [5.41, 5.74) is 0.833. The van der Waals surface area contributed by atoms with Crippen molar-refractivity contribution >= 4 is 11.8 Å². The fourth-order valence-electron chi connectivity index (χ4n) is 2.41. The average Bonchev–Trinajstić information content (AvgIpc) is 2.83. The minimum Gasteiger partial charge on any atom is -0.388 e. The minimum atomic E-state index is -0.495. The van der Waals surface area contributed by atoms with Crippen LogP contribution in [0.4, 0.5) is 0 Å². The van der Waals surface area contributed by atoms with Crippen molar-refractivity contribution in [2.45, 2.75) is 37.8 Å². The van der Waals surface area contributed by atoms with E-state index in [-0.39, 0.29) is 0 Å². The Morgan fingerprint density at radius 1 is 1.39 bits per heavy atom. The Bertz CT molecular complexity index is 349. The third kappa shape index (κ3) is 3.74. The van der Waals surface area contributed by atoms with Crippen molar-refractivity contribution in [2.24, 2.45) is 0 Å². The summed E-state index contributed by atoms with van der Waals surface area (Å²) in [4.78, 5) is 0. The van der Waals surface area contributed by atoms with Crippen LogP contribution in [-0.4, -0.2) is 28.8 Å². The fourth-order valence-corrected chi connectivity index (χ4v) is 3.70. The molecule has 1 aliphatic heterocycles. The Labute approximate surface area is 114 Å². The van der Waals surface area contributed by atoms with Crippen LogP contribution in [0.25, 0.3) is 0 Å². The highest BCUT2D eigenvalue weighted by Crippen LogP contribution is 2.28. The van der Waals surface area contributed by atoms with Crippen molar-refractivity contribution in [1.29, 1.82) is 0 Å². The molecule has 2 unspecified atom stereocenters. The number of thioether (sulfide) groups is 1. The average molecular weight is 265 g/mol. The first-order valence-electron chi connectivity index (χ1n) is 6.82. The van der Waals surface area contributed by atoms with E-state index in [0.717, 1.165) is 30.8 Å². The zero-order valence-electron chi connectivity index (χ0n) is 11.1. The maximum Gasteiger partial charge on any atom is 0.0869 e. The molecule has 1 saturated heterocycles. The predicted molar refractivity (Wildman–Crippen MR) is 79.0 cm³/mol. The summed E-state index contributed by atoms with van der Waals surface area (Å²) in [5, 5.41) is 13.9. The number of aliphatic hydroxyl groups is 1. The van der Waals surface area contributed by atoms with E-state index in [0.29, 0.717) is 12.6 Å². The Morgan fingerprint density at radius 3 is 2.78 bits per heavy atom. The topological polar surface area (TPSA) is 32.3 Å². The number of rotatable bonds is 6. The summed E-state index contributed by atoms with van der Waals surface area (Å²) in [7, 11) is 0. The first kappa shape index (κ1) is 13.9. The fraction of sp³-hybridized carbons (Fsp3) is 0.600. The van der Waals surface area contributed by atoms with E-state index in [1.54, 1.807) is 0 Å². The van der Waals surface area contributed by atoms with Crippen LogP contribution in [0.1, 0.15) is 37.8 Å². The van der Waals surface area contributed by atoms with Crippen molar-refractivity contribution in [3.05, 3.63) is 35.9 Å². The quantitative estimate of drug-likeness (QED) is 0.829. The lowest BCUT2D eigenvalue weighted by Gasteiger charge is -2.26. The van der Waals surface area contributed by atoms with Gasteiger partial charge in [0.05, 0.1) is 5.60 Å². The molecule has 0 bridgehead atoms. The van der Waals surface area contributed by atoms with Gasteiger partial charge >= 0.3 is 0 Å². The highest BCUT2D eigenvalue weighted by Gasteiger charge is 2.32. The Balaban J connectivity index is 1.94. The second-order valence-electron chi connectivity index (χ2n) is 5.16. The standard InChI is InChI=1S/C15H23NOS/c1-2-6-14(13-7-4-3-5-8-13)16-11-15(17)9-10-18-12-15/h3-5,7-8,14,16-17H,2,6,9-12H2,1H3. The van der Waals surface area contributed by atoms with Crippen molar-refractivity contribution in [2.75, 3.05) is 18.1 Å². The minimum absolute atomic E-state index is 0.367. The van der Waals surface area contributed by atoms with E-state index in [1.807, 2.05) is 17.8 Å². The van der Waals surface area contributed by atoms with Crippen molar-refractivity contribution < 1.29 is 5.11 Å². The maximum atomic E-state index is 10.4. The first-order chi connectivity index (χ1) is 8.73. The molecule has 0 spiro atoms. The van der Waals surface area contributed by atoms with Crippen LogP contribution < -0.4 is 5.32 Å². The molecule has 0 radical (unpaired) electrons. The van der Waals surface area contributed by atoms with Gasteiger partial charge in [-0.05, 0) is 24.2 Å². The summed E-state index contributed by atoms with van der Waals surface area (Å²) in [6, 6.07) is 10.9. The molecule has 1 aliphatic rings. The number of nitrogens with one attached hydrogen (secondary N) is 1. The van der Waals surface area contributed by atoms with Crippen LogP contribution in [0.2, 0.25) is 0 Å².